The summed E-state index contributed by atoms with van der Waals surface area (Å²) in [5.74, 6) is 4.74. The fraction of sp³-hybridized carbons (Fsp3) is 0.769. The predicted octanol–water partition coefficient (Wildman–Crippen LogP) is 6.81. The van der Waals surface area contributed by atoms with Crippen molar-refractivity contribution in [1.82, 2.24) is 0 Å². The highest BCUT2D eigenvalue weighted by atomic mass is 16.3. The zero-order valence-electron chi connectivity index (χ0n) is 17.7. The first-order valence-electron chi connectivity index (χ1n) is 11.7. The minimum Gasteiger partial charge on any atom is -0.393 e. The van der Waals surface area contributed by atoms with Gasteiger partial charge in [-0.15, -0.1) is 0 Å². The van der Waals surface area contributed by atoms with E-state index in [4.69, 9.17) is 0 Å². The van der Waals surface area contributed by atoms with Crippen molar-refractivity contribution >= 4 is 0 Å². The molecule has 4 aliphatic rings. The van der Waals surface area contributed by atoms with Gasteiger partial charge in [0.05, 0.1) is 6.10 Å². The lowest BCUT2D eigenvalue weighted by Gasteiger charge is -2.58. The zero-order valence-corrected chi connectivity index (χ0v) is 17.7. The molecule has 4 atom stereocenters. The first-order chi connectivity index (χ1) is 13.0. The van der Waals surface area contributed by atoms with Crippen LogP contribution in [0.25, 0.3) is 0 Å². The highest BCUT2D eigenvalue weighted by Gasteiger charge is 2.53. The first kappa shape index (κ1) is 19.5. The normalized spacial score (nSPS) is 36.4. The van der Waals surface area contributed by atoms with Gasteiger partial charge >= 0.3 is 0 Å². The van der Waals surface area contributed by atoms with Crippen LogP contribution in [-0.2, 0) is 0 Å². The molecule has 4 unspecified atom stereocenters. The van der Waals surface area contributed by atoms with Crippen LogP contribution >= 0.6 is 0 Å². The topological polar surface area (TPSA) is 20.2 Å². The highest BCUT2D eigenvalue weighted by Crippen LogP contribution is 2.61. The maximum Gasteiger partial charge on any atom is 0.0596 e. The fourth-order valence-electron chi connectivity index (χ4n) is 7.58. The summed E-state index contributed by atoms with van der Waals surface area (Å²) in [5, 5.41) is 11.4. The molecule has 0 spiro atoms. The maximum absolute atomic E-state index is 11.4. The molecular formula is C26H40O. The molecule has 27 heavy (non-hydrogen) atoms. The summed E-state index contributed by atoms with van der Waals surface area (Å²) >= 11 is 0. The minimum atomic E-state index is -0.0690. The summed E-state index contributed by atoms with van der Waals surface area (Å²) in [5.41, 5.74) is 1.75. The number of hydrogen-bond acceptors (Lipinski definition) is 1. The van der Waals surface area contributed by atoms with Crippen molar-refractivity contribution in [3.63, 3.8) is 0 Å². The lowest BCUT2D eigenvalue weighted by Crippen LogP contribution is -2.51. The van der Waals surface area contributed by atoms with Gasteiger partial charge in [0.25, 0.3) is 0 Å². The average molecular weight is 369 g/mol. The molecule has 5 rings (SSSR count). The molecule has 0 amide bonds. The molecule has 0 aliphatic heterocycles. The molecule has 1 heteroatoms. The van der Waals surface area contributed by atoms with Gasteiger partial charge < -0.3 is 5.11 Å². The lowest BCUT2D eigenvalue weighted by atomic mass is 9.48. The Bertz CT molecular complexity index is 571. The van der Waals surface area contributed by atoms with Crippen molar-refractivity contribution in [3.05, 3.63) is 35.9 Å². The molecule has 0 aromatic heterocycles. The van der Waals surface area contributed by atoms with Crippen LogP contribution in [0.4, 0.5) is 0 Å². The van der Waals surface area contributed by atoms with Crippen molar-refractivity contribution in [1.29, 1.82) is 0 Å². The molecule has 0 saturated heterocycles. The van der Waals surface area contributed by atoms with Gasteiger partial charge in [0.2, 0.25) is 0 Å². The van der Waals surface area contributed by atoms with Crippen LogP contribution in [0, 0.1) is 35.0 Å². The number of rotatable bonds is 8. The molecule has 1 aromatic carbocycles. The second-order valence-corrected chi connectivity index (χ2v) is 10.6. The van der Waals surface area contributed by atoms with Gasteiger partial charge in [-0.05, 0) is 97.9 Å². The van der Waals surface area contributed by atoms with Gasteiger partial charge in [-0.3, -0.25) is 0 Å². The number of hydrogen-bond donors (Lipinski definition) is 1. The summed E-state index contributed by atoms with van der Waals surface area (Å²) in [4.78, 5) is 0. The number of benzene rings is 1. The standard InChI is InChI=1S/C26H40O/c1-4-18(2)24(19(3)23-8-6-5-7-9-23)10-11-25(27)26-15-20-12-21(16-26)14-22(13-20)17-26/h5-9,18-22,24-25,27H,4,10-17H2,1-3H3. The van der Waals surface area contributed by atoms with E-state index in [1.807, 2.05) is 0 Å². The average Bonchev–Trinajstić information content (AvgIpc) is 2.67. The van der Waals surface area contributed by atoms with E-state index in [0.29, 0.717) is 17.8 Å². The van der Waals surface area contributed by atoms with Crippen LogP contribution in [0.1, 0.15) is 90.0 Å². The summed E-state index contributed by atoms with van der Waals surface area (Å²) in [6, 6.07) is 11.0. The van der Waals surface area contributed by atoms with Crippen molar-refractivity contribution in [2.45, 2.75) is 90.6 Å². The van der Waals surface area contributed by atoms with E-state index in [2.05, 4.69) is 51.1 Å². The Labute approximate surface area is 167 Å². The van der Waals surface area contributed by atoms with E-state index in [-0.39, 0.29) is 11.5 Å². The minimum absolute atomic E-state index is 0.0690. The second-order valence-electron chi connectivity index (χ2n) is 10.6. The van der Waals surface area contributed by atoms with Gasteiger partial charge in [-0.1, -0.05) is 57.5 Å². The third kappa shape index (κ3) is 3.86. The van der Waals surface area contributed by atoms with E-state index >= 15 is 0 Å². The van der Waals surface area contributed by atoms with Crippen LogP contribution in [0.3, 0.4) is 0 Å². The van der Waals surface area contributed by atoms with E-state index in [0.717, 1.165) is 24.2 Å². The Hall–Kier alpha value is -0.820. The van der Waals surface area contributed by atoms with Crippen molar-refractivity contribution in [2.24, 2.45) is 35.0 Å². The van der Waals surface area contributed by atoms with Crippen LogP contribution in [-0.4, -0.2) is 11.2 Å². The molecule has 4 fully saturated rings. The SMILES string of the molecule is CCC(C)C(CCC(O)C12CC3CC(CC(C3)C1)C2)C(C)c1ccccc1. The third-order valence-electron chi connectivity index (χ3n) is 8.91. The monoisotopic (exact) mass is 368 g/mol. The lowest BCUT2D eigenvalue weighted by molar-refractivity contribution is -0.123. The summed E-state index contributed by atoms with van der Waals surface area (Å²) in [7, 11) is 0. The predicted molar refractivity (Wildman–Crippen MR) is 114 cm³/mol. The van der Waals surface area contributed by atoms with Crippen LogP contribution < -0.4 is 0 Å². The Morgan fingerprint density at radius 1 is 0.926 bits per heavy atom. The molecule has 4 bridgehead atoms. The van der Waals surface area contributed by atoms with E-state index < -0.39 is 0 Å². The van der Waals surface area contributed by atoms with Crippen molar-refractivity contribution < 1.29 is 5.11 Å². The van der Waals surface area contributed by atoms with Crippen LogP contribution in [0.15, 0.2) is 30.3 Å². The van der Waals surface area contributed by atoms with Gasteiger partial charge in [0.15, 0.2) is 0 Å². The molecule has 1 nitrogen and oxygen atoms in total. The van der Waals surface area contributed by atoms with Crippen molar-refractivity contribution in [2.75, 3.05) is 0 Å². The quantitative estimate of drug-likeness (QED) is 0.534. The molecule has 1 aromatic rings. The summed E-state index contributed by atoms with van der Waals surface area (Å²) in [6.07, 6.45) is 11.7. The first-order valence-corrected chi connectivity index (χ1v) is 11.7. The second kappa shape index (κ2) is 7.90. The van der Waals surface area contributed by atoms with E-state index in [1.165, 1.54) is 56.9 Å². The van der Waals surface area contributed by atoms with Crippen LogP contribution in [0.2, 0.25) is 0 Å². The van der Waals surface area contributed by atoms with E-state index in [9.17, 15) is 5.11 Å². The Balaban J connectivity index is 1.43. The number of aliphatic hydroxyl groups excluding tert-OH is 1. The highest BCUT2D eigenvalue weighted by molar-refractivity contribution is 5.19. The largest absolute Gasteiger partial charge is 0.393 e. The number of aliphatic hydroxyl groups is 1. The van der Waals surface area contributed by atoms with Gasteiger partial charge in [0, 0.05) is 0 Å². The maximum atomic E-state index is 11.4. The fourth-order valence-corrected chi connectivity index (χ4v) is 7.58. The van der Waals surface area contributed by atoms with Crippen molar-refractivity contribution in [3.8, 4) is 0 Å². The third-order valence-corrected chi connectivity index (χ3v) is 8.91. The summed E-state index contributed by atoms with van der Waals surface area (Å²) in [6.45, 7) is 7.15. The molecule has 4 saturated carbocycles. The van der Waals surface area contributed by atoms with Crippen LogP contribution in [0.5, 0.6) is 0 Å². The van der Waals surface area contributed by atoms with Gasteiger partial charge in [-0.2, -0.15) is 0 Å². The molecule has 0 radical (unpaired) electrons. The zero-order chi connectivity index (χ0) is 19.0. The molecule has 1 N–H and O–H groups in total. The Morgan fingerprint density at radius 3 is 2.00 bits per heavy atom. The van der Waals surface area contributed by atoms with Gasteiger partial charge in [-0.25, -0.2) is 0 Å². The Kier molecular flexibility index (Phi) is 5.70. The summed E-state index contributed by atoms with van der Waals surface area (Å²) < 4.78 is 0. The Morgan fingerprint density at radius 2 is 1.48 bits per heavy atom. The molecule has 150 valence electrons. The molecular weight excluding hydrogens is 328 g/mol. The van der Waals surface area contributed by atoms with E-state index in [1.54, 1.807) is 0 Å². The molecule has 0 heterocycles. The molecule has 4 aliphatic carbocycles. The van der Waals surface area contributed by atoms with Gasteiger partial charge in [0.1, 0.15) is 0 Å². The smallest absolute Gasteiger partial charge is 0.0596 e.